The fraction of sp³-hybridized carbons (Fsp3) is 0.700. The maximum Gasteiger partial charge on any atom is 0.261 e. The fourth-order valence-corrected chi connectivity index (χ4v) is 4.80. The maximum atomic E-state index is 2.49. The van der Waals surface area contributed by atoms with Crippen LogP contribution in [-0.4, -0.2) is 4.57 Å². The molecule has 1 aromatic carbocycles. The quantitative estimate of drug-likeness (QED) is 0.144. The number of unbranched alkanes of at least 4 members (excludes halogenated alkanes) is 15. The predicted molar refractivity (Wildman–Crippen MR) is 140 cm³/mol. The van der Waals surface area contributed by atoms with Gasteiger partial charge in [0.15, 0.2) is 0 Å². The monoisotopic (exact) mass is 439 g/mol. The van der Waals surface area contributed by atoms with E-state index in [2.05, 4.69) is 65.7 Å². The molecule has 0 atom stereocenters. The minimum Gasteiger partial charge on any atom is -0.234 e. The van der Waals surface area contributed by atoms with Gasteiger partial charge in [0.05, 0.1) is 6.54 Å². The number of hydrogen-bond acceptors (Lipinski definition) is 0. The van der Waals surface area contributed by atoms with E-state index in [1.807, 2.05) is 0 Å². The summed E-state index contributed by atoms with van der Waals surface area (Å²) in [5, 5.41) is 0. The lowest BCUT2D eigenvalue weighted by atomic mass is 10.0. The van der Waals surface area contributed by atoms with Crippen LogP contribution >= 0.6 is 0 Å². The van der Waals surface area contributed by atoms with Crippen LogP contribution in [0.25, 0.3) is 5.69 Å². The molecule has 0 amide bonds. The molecule has 0 aliphatic rings. The van der Waals surface area contributed by atoms with Crippen molar-refractivity contribution in [2.24, 2.45) is 0 Å². The Morgan fingerprint density at radius 2 is 1.09 bits per heavy atom. The van der Waals surface area contributed by atoms with Gasteiger partial charge in [0, 0.05) is 6.42 Å². The Labute approximate surface area is 199 Å². The van der Waals surface area contributed by atoms with Gasteiger partial charge in [0.1, 0.15) is 18.1 Å². The standard InChI is InChI=1S/C30H51N2/c1-3-5-6-7-8-9-10-11-12-13-14-15-16-17-18-22-26-31-27-28-32(30(31)23-4-2)29-24-20-19-21-25-29/h19-21,24-25,27-28H,3-18,22-23,26H2,1-2H3/q+1. The van der Waals surface area contributed by atoms with Crippen molar-refractivity contribution in [1.82, 2.24) is 4.57 Å². The highest BCUT2D eigenvalue weighted by Crippen LogP contribution is 2.14. The van der Waals surface area contributed by atoms with Crippen molar-refractivity contribution >= 4 is 0 Å². The number of aromatic nitrogens is 2. The van der Waals surface area contributed by atoms with Gasteiger partial charge in [-0.1, -0.05) is 122 Å². The number of aryl methyl sites for hydroxylation is 1. The average molecular weight is 440 g/mol. The number of imidazole rings is 1. The largest absolute Gasteiger partial charge is 0.261 e. The summed E-state index contributed by atoms with van der Waals surface area (Å²) < 4.78 is 4.86. The van der Waals surface area contributed by atoms with Gasteiger partial charge in [-0.25, -0.2) is 4.57 Å². The zero-order valence-corrected chi connectivity index (χ0v) is 21.4. The number of benzene rings is 1. The van der Waals surface area contributed by atoms with E-state index in [9.17, 15) is 0 Å². The van der Waals surface area contributed by atoms with Gasteiger partial charge in [-0.3, -0.25) is 0 Å². The lowest BCUT2D eigenvalue weighted by molar-refractivity contribution is -0.704. The Balaban J connectivity index is 1.48. The molecule has 0 bridgehead atoms. The molecule has 180 valence electrons. The molecule has 1 aromatic heterocycles. The fourth-order valence-electron chi connectivity index (χ4n) is 4.80. The van der Waals surface area contributed by atoms with Crippen LogP contribution < -0.4 is 4.57 Å². The second-order valence-electron chi connectivity index (χ2n) is 9.67. The van der Waals surface area contributed by atoms with Crippen LogP contribution in [-0.2, 0) is 13.0 Å². The molecule has 0 aliphatic carbocycles. The molecule has 0 N–H and O–H groups in total. The third kappa shape index (κ3) is 10.8. The number of para-hydroxylation sites is 1. The number of rotatable bonds is 20. The Morgan fingerprint density at radius 3 is 1.59 bits per heavy atom. The van der Waals surface area contributed by atoms with Gasteiger partial charge in [0.25, 0.3) is 5.82 Å². The Morgan fingerprint density at radius 1 is 0.594 bits per heavy atom. The summed E-state index contributed by atoms with van der Waals surface area (Å²) in [6.45, 7) is 5.74. The molecule has 2 nitrogen and oxygen atoms in total. The molecule has 32 heavy (non-hydrogen) atoms. The van der Waals surface area contributed by atoms with Crippen LogP contribution in [0.5, 0.6) is 0 Å². The summed E-state index contributed by atoms with van der Waals surface area (Å²) in [5.74, 6) is 1.44. The first-order valence-electron chi connectivity index (χ1n) is 14.0. The molecular formula is C30H51N2+. The number of hydrogen-bond donors (Lipinski definition) is 0. The summed E-state index contributed by atoms with van der Waals surface area (Å²) in [7, 11) is 0. The molecule has 0 fully saturated rings. The van der Waals surface area contributed by atoms with E-state index in [1.54, 1.807) is 0 Å². The van der Waals surface area contributed by atoms with E-state index in [0.29, 0.717) is 0 Å². The third-order valence-corrected chi connectivity index (χ3v) is 6.77. The van der Waals surface area contributed by atoms with Crippen LogP contribution in [0.4, 0.5) is 0 Å². The van der Waals surface area contributed by atoms with Crippen molar-refractivity contribution in [2.75, 3.05) is 0 Å². The molecular weight excluding hydrogens is 388 g/mol. The van der Waals surface area contributed by atoms with Crippen LogP contribution in [0, 0.1) is 0 Å². The van der Waals surface area contributed by atoms with Crippen LogP contribution in [0.3, 0.4) is 0 Å². The summed E-state index contributed by atoms with van der Waals surface area (Å²) in [4.78, 5) is 0. The van der Waals surface area contributed by atoms with Gasteiger partial charge in [-0.05, 0) is 31.4 Å². The molecule has 0 spiro atoms. The van der Waals surface area contributed by atoms with Crippen molar-refractivity contribution in [1.29, 1.82) is 0 Å². The molecule has 2 heteroatoms. The third-order valence-electron chi connectivity index (χ3n) is 6.77. The normalized spacial score (nSPS) is 11.3. The first-order valence-corrected chi connectivity index (χ1v) is 14.0. The Bertz CT molecular complexity index is 673. The molecule has 0 saturated heterocycles. The number of nitrogens with zero attached hydrogens (tertiary/aromatic N) is 2. The molecule has 0 aliphatic heterocycles. The maximum absolute atomic E-state index is 2.49. The molecule has 0 unspecified atom stereocenters. The van der Waals surface area contributed by atoms with E-state index >= 15 is 0 Å². The second kappa shape index (κ2) is 17.9. The van der Waals surface area contributed by atoms with Crippen molar-refractivity contribution in [2.45, 2.75) is 136 Å². The highest BCUT2D eigenvalue weighted by Gasteiger charge is 2.17. The second-order valence-corrected chi connectivity index (χ2v) is 9.67. The Kier molecular flexibility index (Phi) is 14.9. The highest BCUT2D eigenvalue weighted by molar-refractivity contribution is 5.31. The SMILES string of the molecule is CCCCCCCCCCCCCCCCCC[n+]1ccn(-c2ccccc2)c1CCC. The van der Waals surface area contributed by atoms with E-state index in [1.165, 1.54) is 121 Å². The van der Waals surface area contributed by atoms with Crippen molar-refractivity contribution in [3.8, 4) is 5.69 Å². The van der Waals surface area contributed by atoms with Crippen molar-refractivity contribution in [3.05, 3.63) is 48.5 Å². The summed E-state index contributed by atoms with van der Waals surface area (Å²) in [5.41, 5.74) is 1.28. The molecule has 2 rings (SSSR count). The van der Waals surface area contributed by atoms with Crippen molar-refractivity contribution < 1.29 is 4.57 Å². The topological polar surface area (TPSA) is 8.81 Å². The molecule has 2 aromatic rings. The van der Waals surface area contributed by atoms with Gasteiger partial charge in [0.2, 0.25) is 0 Å². The van der Waals surface area contributed by atoms with E-state index in [-0.39, 0.29) is 0 Å². The first-order chi connectivity index (χ1) is 15.9. The van der Waals surface area contributed by atoms with Gasteiger partial charge < -0.3 is 0 Å². The van der Waals surface area contributed by atoms with E-state index < -0.39 is 0 Å². The molecule has 0 saturated carbocycles. The highest BCUT2D eigenvalue weighted by atomic mass is 15.1. The first kappa shape index (κ1) is 26.7. The van der Waals surface area contributed by atoms with Crippen LogP contribution in [0.1, 0.15) is 129 Å². The van der Waals surface area contributed by atoms with Crippen LogP contribution in [0.15, 0.2) is 42.7 Å². The van der Waals surface area contributed by atoms with E-state index in [0.717, 1.165) is 13.0 Å². The predicted octanol–water partition coefficient (Wildman–Crippen LogP) is 8.98. The average Bonchev–Trinajstić information content (AvgIpc) is 3.22. The van der Waals surface area contributed by atoms with Gasteiger partial charge in [-0.2, -0.15) is 4.57 Å². The summed E-state index contributed by atoms with van der Waals surface area (Å²) in [6.07, 6.45) is 29.7. The summed E-state index contributed by atoms with van der Waals surface area (Å²) >= 11 is 0. The summed E-state index contributed by atoms with van der Waals surface area (Å²) in [6, 6.07) is 10.8. The molecule has 0 radical (unpaired) electrons. The lowest BCUT2D eigenvalue weighted by Gasteiger charge is -2.05. The van der Waals surface area contributed by atoms with E-state index in [4.69, 9.17) is 0 Å². The smallest absolute Gasteiger partial charge is 0.234 e. The molecule has 1 heterocycles. The Hall–Kier alpha value is -1.57. The van der Waals surface area contributed by atoms with Gasteiger partial charge >= 0.3 is 0 Å². The zero-order chi connectivity index (χ0) is 22.7. The zero-order valence-electron chi connectivity index (χ0n) is 21.4. The van der Waals surface area contributed by atoms with Crippen LogP contribution in [0.2, 0.25) is 0 Å². The van der Waals surface area contributed by atoms with Crippen molar-refractivity contribution in [3.63, 3.8) is 0 Å². The minimum absolute atomic E-state index is 1.14. The minimum atomic E-state index is 1.14. The van der Waals surface area contributed by atoms with Gasteiger partial charge in [-0.15, -0.1) is 0 Å². The lowest BCUT2D eigenvalue weighted by Crippen LogP contribution is -2.37.